The van der Waals surface area contributed by atoms with Crippen molar-refractivity contribution >= 4 is 28.5 Å². The number of likely N-dealkylation sites (tertiary alicyclic amines) is 1. The molecule has 0 radical (unpaired) electrons. The van der Waals surface area contributed by atoms with Gasteiger partial charge in [-0.05, 0) is 67.5 Å². The number of aliphatic hydroxyl groups is 1. The van der Waals surface area contributed by atoms with Gasteiger partial charge in [-0.2, -0.15) is 0 Å². The number of likely N-dealkylation sites (N-methyl/N-ethyl adjacent to an activating group) is 1. The van der Waals surface area contributed by atoms with Gasteiger partial charge in [0.15, 0.2) is 0 Å². The maximum absolute atomic E-state index is 13.9. The average molecular weight is 599 g/mol. The zero-order valence-corrected chi connectivity index (χ0v) is 26.1. The number of nitrogens with one attached hydrogen (secondary N) is 1. The predicted molar refractivity (Wildman–Crippen MR) is 175 cm³/mol. The van der Waals surface area contributed by atoms with Crippen LogP contribution in [0.3, 0.4) is 0 Å². The number of piperidine rings is 1. The van der Waals surface area contributed by atoms with E-state index in [0.717, 1.165) is 21.9 Å². The lowest BCUT2D eigenvalue weighted by Gasteiger charge is -2.33. The van der Waals surface area contributed by atoms with Gasteiger partial charge in [0, 0.05) is 38.6 Å². The Kier molecular flexibility index (Phi) is 11.3. The number of fused-ring (bicyclic) bond motifs is 1. The largest absolute Gasteiger partial charge is 0.393 e. The van der Waals surface area contributed by atoms with Crippen LogP contribution in [0.2, 0.25) is 0 Å². The van der Waals surface area contributed by atoms with E-state index >= 15 is 0 Å². The molecule has 1 heterocycles. The number of benzene rings is 3. The smallest absolute Gasteiger partial charge is 0.246 e. The van der Waals surface area contributed by atoms with Gasteiger partial charge in [-0.3, -0.25) is 14.4 Å². The van der Waals surface area contributed by atoms with E-state index in [0.29, 0.717) is 45.2 Å². The number of nitrogens with zero attached hydrogens (tertiary/aromatic N) is 2. The van der Waals surface area contributed by atoms with Crippen LogP contribution in [0.4, 0.5) is 0 Å². The molecule has 3 amide bonds. The molecular formula is C36H46N4O4. The lowest BCUT2D eigenvalue weighted by atomic mass is 9.95. The summed E-state index contributed by atoms with van der Waals surface area (Å²) in [6.07, 6.45) is 5.23. The molecule has 0 unspecified atom stereocenters. The van der Waals surface area contributed by atoms with E-state index in [1.807, 2.05) is 86.6 Å². The van der Waals surface area contributed by atoms with E-state index in [9.17, 15) is 19.5 Å². The Bertz CT molecular complexity index is 1440. The topological polar surface area (TPSA) is 116 Å². The Labute approximate surface area is 260 Å². The van der Waals surface area contributed by atoms with Gasteiger partial charge in [-0.25, -0.2) is 0 Å². The molecule has 4 N–H and O–H groups in total. The van der Waals surface area contributed by atoms with Gasteiger partial charge in [0.2, 0.25) is 17.7 Å². The Morgan fingerprint density at radius 2 is 1.64 bits per heavy atom. The summed E-state index contributed by atoms with van der Waals surface area (Å²) >= 11 is 0. The van der Waals surface area contributed by atoms with E-state index in [1.165, 1.54) is 11.0 Å². The molecule has 1 aliphatic rings. The molecule has 0 aliphatic carbocycles. The minimum Gasteiger partial charge on any atom is -0.393 e. The molecule has 8 heteroatoms. The second-order valence-electron chi connectivity index (χ2n) is 12.6. The Hall–Kier alpha value is -4.01. The lowest BCUT2D eigenvalue weighted by Crippen LogP contribution is -2.51. The van der Waals surface area contributed by atoms with Crippen molar-refractivity contribution in [2.24, 2.45) is 11.7 Å². The number of aliphatic hydroxyl groups excluding tert-OH is 1. The molecule has 0 spiro atoms. The second-order valence-corrected chi connectivity index (χ2v) is 12.6. The third kappa shape index (κ3) is 9.49. The predicted octanol–water partition coefficient (Wildman–Crippen LogP) is 3.85. The summed E-state index contributed by atoms with van der Waals surface area (Å²) in [5.41, 5.74) is 7.56. The maximum Gasteiger partial charge on any atom is 0.246 e. The number of amides is 3. The normalized spacial score (nSPS) is 15.7. The first kappa shape index (κ1) is 32.9. The van der Waals surface area contributed by atoms with Crippen molar-refractivity contribution in [1.29, 1.82) is 0 Å². The lowest BCUT2D eigenvalue weighted by molar-refractivity contribution is -0.139. The number of rotatable bonds is 12. The van der Waals surface area contributed by atoms with Gasteiger partial charge in [-0.15, -0.1) is 0 Å². The van der Waals surface area contributed by atoms with E-state index in [1.54, 1.807) is 18.0 Å². The van der Waals surface area contributed by atoms with Crippen molar-refractivity contribution in [1.82, 2.24) is 15.1 Å². The highest BCUT2D eigenvalue weighted by atomic mass is 16.3. The highest BCUT2D eigenvalue weighted by Crippen LogP contribution is 2.20. The van der Waals surface area contributed by atoms with Crippen LogP contribution >= 0.6 is 0 Å². The number of carbonyl (C=O) groups is 3. The van der Waals surface area contributed by atoms with Crippen LogP contribution in [0.25, 0.3) is 10.8 Å². The molecule has 0 bridgehead atoms. The summed E-state index contributed by atoms with van der Waals surface area (Å²) in [7, 11) is 1.64. The van der Waals surface area contributed by atoms with Crippen molar-refractivity contribution in [3.8, 4) is 0 Å². The number of hydrogen-bond donors (Lipinski definition) is 3. The number of carbonyl (C=O) groups excluding carboxylic acids is 3. The fourth-order valence-corrected chi connectivity index (χ4v) is 5.56. The fourth-order valence-electron chi connectivity index (χ4n) is 5.56. The first-order chi connectivity index (χ1) is 21.0. The Morgan fingerprint density at radius 3 is 2.32 bits per heavy atom. The molecule has 1 fully saturated rings. The van der Waals surface area contributed by atoms with E-state index in [4.69, 9.17) is 5.73 Å². The van der Waals surface area contributed by atoms with Crippen LogP contribution in [-0.4, -0.2) is 77.0 Å². The summed E-state index contributed by atoms with van der Waals surface area (Å²) in [4.78, 5) is 44.0. The second kappa shape index (κ2) is 15.1. The van der Waals surface area contributed by atoms with Crippen molar-refractivity contribution < 1.29 is 19.5 Å². The zero-order valence-electron chi connectivity index (χ0n) is 26.1. The molecule has 0 saturated carbocycles. The summed E-state index contributed by atoms with van der Waals surface area (Å²) in [6.45, 7) is 4.90. The fraction of sp³-hybridized carbons (Fsp3) is 0.417. The van der Waals surface area contributed by atoms with Gasteiger partial charge in [0.25, 0.3) is 0 Å². The summed E-state index contributed by atoms with van der Waals surface area (Å²) in [6, 6.07) is 23.0. The molecule has 3 aromatic carbocycles. The van der Waals surface area contributed by atoms with E-state index in [-0.39, 0.29) is 30.4 Å². The Balaban J connectivity index is 1.54. The molecular weight excluding hydrogens is 552 g/mol. The van der Waals surface area contributed by atoms with Crippen LogP contribution in [0.15, 0.2) is 84.9 Å². The van der Waals surface area contributed by atoms with Crippen LogP contribution in [0, 0.1) is 5.92 Å². The van der Waals surface area contributed by atoms with Crippen molar-refractivity contribution in [2.75, 3.05) is 26.7 Å². The minimum atomic E-state index is -0.795. The SMILES string of the molecule is CN(C(=O)/C=C/CC(C)(C)N)[C@H](Cc1ccc2ccccc2c1)C(=O)NC[C@@H](Cc1ccccc1)C(=O)N1CCC(O)CC1. The number of hydrogen-bond acceptors (Lipinski definition) is 5. The highest BCUT2D eigenvalue weighted by molar-refractivity contribution is 5.93. The third-order valence-corrected chi connectivity index (χ3v) is 8.24. The van der Waals surface area contributed by atoms with Crippen molar-refractivity contribution in [2.45, 2.75) is 63.6 Å². The van der Waals surface area contributed by atoms with Gasteiger partial charge >= 0.3 is 0 Å². The van der Waals surface area contributed by atoms with E-state index < -0.39 is 17.5 Å². The van der Waals surface area contributed by atoms with Crippen molar-refractivity contribution in [3.05, 3.63) is 96.1 Å². The molecule has 1 aliphatic heterocycles. The summed E-state index contributed by atoms with van der Waals surface area (Å²) in [5.74, 6) is -1.13. The molecule has 3 aromatic rings. The van der Waals surface area contributed by atoms with Gasteiger partial charge < -0.3 is 26.0 Å². The first-order valence-electron chi connectivity index (χ1n) is 15.5. The molecule has 2 atom stereocenters. The van der Waals surface area contributed by atoms with Crippen LogP contribution in [0.1, 0.15) is 44.2 Å². The molecule has 0 aromatic heterocycles. The maximum atomic E-state index is 13.9. The molecule has 1 saturated heterocycles. The zero-order chi connectivity index (χ0) is 31.7. The highest BCUT2D eigenvalue weighted by Gasteiger charge is 2.31. The third-order valence-electron chi connectivity index (χ3n) is 8.24. The van der Waals surface area contributed by atoms with Crippen LogP contribution in [-0.2, 0) is 27.2 Å². The van der Waals surface area contributed by atoms with Crippen molar-refractivity contribution in [3.63, 3.8) is 0 Å². The van der Waals surface area contributed by atoms with Gasteiger partial charge in [0.1, 0.15) is 6.04 Å². The van der Waals surface area contributed by atoms with E-state index in [2.05, 4.69) is 5.32 Å². The van der Waals surface area contributed by atoms with Gasteiger partial charge in [0.05, 0.1) is 12.0 Å². The summed E-state index contributed by atoms with van der Waals surface area (Å²) in [5, 5.41) is 15.1. The molecule has 4 rings (SSSR count). The molecule has 44 heavy (non-hydrogen) atoms. The Morgan fingerprint density at radius 1 is 0.977 bits per heavy atom. The summed E-state index contributed by atoms with van der Waals surface area (Å²) < 4.78 is 0. The average Bonchev–Trinajstić information content (AvgIpc) is 3.01. The first-order valence-corrected chi connectivity index (χ1v) is 15.5. The molecule has 234 valence electrons. The molecule has 8 nitrogen and oxygen atoms in total. The quantitative estimate of drug-likeness (QED) is 0.274. The number of nitrogens with two attached hydrogens (primary N) is 1. The van der Waals surface area contributed by atoms with Crippen LogP contribution < -0.4 is 11.1 Å². The minimum absolute atomic E-state index is 0.0381. The standard InChI is InChI=1S/C36H46N4O4/c1-36(2,37)19-9-14-33(42)39(3)32(24-27-15-16-28-12-7-8-13-29(28)23-27)34(43)38-25-30(22-26-10-5-4-6-11-26)35(44)40-20-17-31(41)18-21-40/h4-16,23,30-32,41H,17-22,24-25,37H2,1-3H3,(H,38,43)/b14-9+/t30-,32-/m1/s1. The monoisotopic (exact) mass is 598 g/mol. The van der Waals surface area contributed by atoms with Gasteiger partial charge in [-0.1, -0.05) is 78.9 Å². The van der Waals surface area contributed by atoms with Crippen LogP contribution in [0.5, 0.6) is 0 Å².